The quantitative estimate of drug-likeness (QED) is 0.861. The zero-order valence-corrected chi connectivity index (χ0v) is 12.0. The number of aliphatic carboxylic acids is 1. The van der Waals surface area contributed by atoms with Crippen LogP contribution in [0.5, 0.6) is 0 Å². The van der Waals surface area contributed by atoms with Crippen LogP contribution in [0.2, 0.25) is 0 Å². The first-order chi connectivity index (χ1) is 10.2. The van der Waals surface area contributed by atoms with Crippen molar-refractivity contribution in [2.45, 2.75) is 38.3 Å². The lowest BCUT2D eigenvalue weighted by atomic mass is 10.0. The molecule has 1 fully saturated rings. The number of hydrogen-bond donors (Lipinski definition) is 1. The van der Waals surface area contributed by atoms with Crippen molar-refractivity contribution in [2.75, 3.05) is 13.1 Å². The second-order valence-electron chi connectivity index (χ2n) is 5.77. The van der Waals surface area contributed by atoms with E-state index in [0.717, 1.165) is 19.3 Å². The van der Waals surface area contributed by atoms with Crippen LogP contribution in [-0.2, 0) is 17.8 Å². The molecule has 0 radical (unpaired) electrons. The number of carbonyl (C=O) groups excluding carboxylic acids is 1. The Morgan fingerprint density at radius 3 is 2.62 bits per heavy atom. The Morgan fingerprint density at radius 1 is 1.10 bits per heavy atom. The number of amides is 2. The van der Waals surface area contributed by atoms with Crippen LogP contribution in [-0.4, -0.2) is 46.0 Å². The summed E-state index contributed by atoms with van der Waals surface area (Å²) >= 11 is 0. The fraction of sp³-hybridized carbons (Fsp3) is 0.500. The number of rotatable bonds is 1. The number of likely N-dealkylation sites (tertiary alicyclic amines) is 1. The van der Waals surface area contributed by atoms with Gasteiger partial charge in [0.1, 0.15) is 6.04 Å². The largest absolute Gasteiger partial charge is 0.480 e. The molecule has 0 aromatic heterocycles. The minimum atomic E-state index is -0.893. The second-order valence-corrected chi connectivity index (χ2v) is 5.77. The SMILES string of the molecule is O=C(O)C1CCCN1C(=O)N1CCCc2ccccc2C1. The molecule has 1 atom stereocenters. The molecule has 5 nitrogen and oxygen atoms in total. The fourth-order valence-electron chi connectivity index (χ4n) is 3.30. The predicted molar refractivity (Wildman–Crippen MR) is 77.9 cm³/mol. The van der Waals surface area contributed by atoms with Crippen LogP contribution in [0.15, 0.2) is 24.3 Å². The van der Waals surface area contributed by atoms with Crippen molar-refractivity contribution < 1.29 is 14.7 Å². The first kappa shape index (κ1) is 13.9. The molecule has 2 heterocycles. The van der Waals surface area contributed by atoms with Crippen molar-refractivity contribution in [3.8, 4) is 0 Å². The van der Waals surface area contributed by atoms with Crippen LogP contribution in [0.25, 0.3) is 0 Å². The lowest BCUT2D eigenvalue weighted by Gasteiger charge is -2.29. The Kier molecular flexibility index (Phi) is 3.82. The molecule has 112 valence electrons. The number of hydrogen-bond acceptors (Lipinski definition) is 2. The molecular weight excluding hydrogens is 268 g/mol. The van der Waals surface area contributed by atoms with E-state index < -0.39 is 12.0 Å². The van der Waals surface area contributed by atoms with Gasteiger partial charge < -0.3 is 14.9 Å². The molecular formula is C16H20N2O3. The van der Waals surface area contributed by atoms with Gasteiger partial charge in [-0.3, -0.25) is 0 Å². The monoisotopic (exact) mass is 288 g/mol. The van der Waals surface area contributed by atoms with Gasteiger partial charge in [0, 0.05) is 19.6 Å². The number of nitrogens with zero attached hydrogens (tertiary/aromatic N) is 2. The fourth-order valence-corrected chi connectivity index (χ4v) is 3.30. The van der Waals surface area contributed by atoms with Crippen LogP contribution >= 0.6 is 0 Å². The number of aryl methyl sites for hydroxylation is 1. The first-order valence-electron chi connectivity index (χ1n) is 7.52. The molecule has 0 spiro atoms. The minimum absolute atomic E-state index is 0.128. The van der Waals surface area contributed by atoms with E-state index in [2.05, 4.69) is 12.1 Å². The number of carboxylic acid groups (broad SMARTS) is 1. The zero-order chi connectivity index (χ0) is 14.8. The molecule has 0 bridgehead atoms. The summed E-state index contributed by atoms with van der Waals surface area (Å²) in [4.78, 5) is 27.2. The van der Waals surface area contributed by atoms with Crippen molar-refractivity contribution in [1.29, 1.82) is 0 Å². The Balaban J connectivity index is 1.77. The molecule has 1 aromatic carbocycles. The predicted octanol–water partition coefficient (Wildman–Crippen LogP) is 2.10. The normalized spacial score (nSPS) is 21.8. The average Bonchev–Trinajstić information content (AvgIpc) is 2.87. The highest BCUT2D eigenvalue weighted by Crippen LogP contribution is 2.23. The first-order valence-corrected chi connectivity index (χ1v) is 7.52. The maximum atomic E-state index is 12.7. The number of benzene rings is 1. The Labute approximate surface area is 124 Å². The van der Waals surface area contributed by atoms with Gasteiger partial charge in [0.15, 0.2) is 0 Å². The van der Waals surface area contributed by atoms with Gasteiger partial charge in [0.05, 0.1) is 0 Å². The Bertz CT molecular complexity index is 558. The highest BCUT2D eigenvalue weighted by molar-refractivity contribution is 5.83. The molecule has 3 rings (SSSR count). The summed E-state index contributed by atoms with van der Waals surface area (Å²) in [6.45, 7) is 1.82. The minimum Gasteiger partial charge on any atom is -0.480 e. The molecule has 5 heteroatoms. The molecule has 0 aliphatic carbocycles. The standard InChI is InChI=1S/C16H20N2O3/c19-15(20)14-8-4-10-18(14)16(21)17-9-3-7-12-5-1-2-6-13(12)11-17/h1-2,5-6,14H,3-4,7-11H2,(H,19,20). The van der Waals surface area contributed by atoms with Gasteiger partial charge in [0.2, 0.25) is 0 Å². The molecule has 21 heavy (non-hydrogen) atoms. The van der Waals surface area contributed by atoms with Gasteiger partial charge in [-0.15, -0.1) is 0 Å². The molecule has 0 saturated carbocycles. The molecule has 2 aliphatic rings. The maximum absolute atomic E-state index is 12.7. The van der Waals surface area contributed by atoms with E-state index in [1.807, 2.05) is 12.1 Å². The van der Waals surface area contributed by atoms with E-state index >= 15 is 0 Å². The van der Waals surface area contributed by atoms with Crippen molar-refractivity contribution in [2.24, 2.45) is 0 Å². The highest BCUT2D eigenvalue weighted by Gasteiger charge is 2.36. The third kappa shape index (κ3) is 2.73. The number of carbonyl (C=O) groups is 2. The number of urea groups is 1. The van der Waals surface area contributed by atoms with Crippen LogP contribution in [0.3, 0.4) is 0 Å². The van der Waals surface area contributed by atoms with Crippen molar-refractivity contribution in [1.82, 2.24) is 9.80 Å². The van der Waals surface area contributed by atoms with E-state index in [0.29, 0.717) is 26.1 Å². The molecule has 1 unspecified atom stereocenters. The van der Waals surface area contributed by atoms with Gasteiger partial charge in [-0.1, -0.05) is 24.3 Å². The lowest BCUT2D eigenvalue weighted by molar-refractivity contribution is -0.141. The van der Waals surface area contributed by atoms with Gasteiger partial charge in [0.25, 0.3) is 0 Å². The van der Waals surface area contributed by atoms with E-state index in [9.17, 15) is 14.7 Å². The second kappa shape index (κ2) is 5.76. The zero-order valence-electron chi connectivity index (χ0n) is 12.0. The van der Waals surface area contributed by atoms with Crippen LogP contribution in [0, 0.1) is 0 Å². The van der Waals surface area contributed by atoms with E-state index in [1.54, 1.807) is 4.90 Å². The molecule has 1 saturated heterocycles. The summed E-state index contributed by atoms with van der Waals surface area (Å²) in [5.41, 5.74) is 2.47. The average molecular weight is 288 g/mol. The number of fused-ring (bicyclic) bond motifs is 1. The summed E-state index contributed by atoms with van der Waals surface area (Å²) in [5.74, 6) is -0.893. The topological polar surface area (TPSA) is 60.9 Å². The van der Waals surface area contributed by atoms with E-state index in [1.165, 1.54) is 16.0 Å². The van der Waals surface area contributed by atoms with Gasteiger partial charge in [-0.2, -0.15) is 0 Å². The highest BCUT2D eigenvalue weighted by atomic mass is 16.4. The van der Waals surface area contributed by atoms with Crippen LogP contribution in [0.4, 0.5) is 4.79 Å². The third-order valence-electron chi connectivity index (χ3n) is 4.41. The molecule has 2 amide bonds. The van der Waals surface area contributed by atoms with Gasteiger partial charge in [-0.05, 0) is 36.8 Å². The summed E-state index contributed by atoms with van der Waals surface area (Å²) in [6, 6.07) is 7.39. The van der Waals surface area contributed by atoms with Crippen molar-refractivity contribution >= 4 is 12.0 Å². The summed E-state index contributed by atoms with van der Waals surface area (Å²) < 4.78 is 0. The van der Waals surface area contributed by atoms with Gasteiger partial charge >= 0.3 is 12.0 Å². The third-order valence-corrected chi connectivity index (χ3v) is 4.41. The lowest BCUT2D eigenvalue weighted by Crippen LogP contribution is -2.47. The van der Waals surface area contributed by atoms with E-state index in [4.69, 9.17) is 0 Å². The van der Waals surface area contributed by atoms with Crippen LogP contribution < -0.4 is 0 Å². The summed E-state index contributed by atoms with van der Waals surface area (Å²) in [7, 11) is 0. The maximum Gasteiger partial charge on any atom is 0.326 e. The number of carboxylic acids is 1. The Morgan fingerprint density at radius 2 is 1.86 bits per heavy atom. The summed E-state index contributed by atoms with van der Waals surface area (Å²) in [5, 5.41) is 9.23. The summed E-state index contributed by atoms with van der Waals surface area (Å²) in [6.07, 6.45) is 3.23. The van der Waals surface area contributed by atoms with Crippen molar-refractivity contribution in [3.63, 3.8) is 0 Å². The van der Waals surface area contributed by atoms with Crippen LogP contribution in [0.1, 0.15) is 30.4 Å². The Hall–Kier alpha value is -2.04. The molecule has 1 N–H and O–H groups in total. The van der Waals surface area contributed by atoms with Gasteiger partial charge in [-0.25, -0.2) is 9.59 Å². The molecule has 1 aromatic rings. The van der Waals surface area contributed by atoms with E-state index in [-0.39, 0.29) is 6.03 Å². The molecule has 2 aliphatic heterocycles. The van der Waals surface area contributed by atoms with Crippen molar-refractivity contribution in [3.05, 3.63) is 35.4 Å². The smallest absolute Gasteiger partial charge is 0.326 e.